The monoisotopic (exact) mass is 868 g/mol. The van der Waals surface area contributed by atoms with E-state index in [4.69, 9.17) is 20.9 Å². The number of halogens is 1. The molecule has 6 N–H and O–H groups in total. The Bertz CT molecular complexity index is 1990. The number of phenolic OH excluding ortho intramolecular Hbond substituents is 1. The first-order valence-corrected chi connectivity index (χ1v) is 22.0. The van der Waals surface area contributed by atoms with Gasteiger partial charge < -0.3 is 41.3 Å². The zero-order valence-electron chi connectivity index (χ0n) is 38.9. The number of rotatable bonds is 18. The first-order valence-electron chi connectivity index (χ1n) is 22.0. The summed E-state index contributed by atoms with van der Waals surface area (Å²) in [5.74, 6) is 0.276. The van der Waals surface area contributed by atoms with Gasteiger partial charge in [0.25, 0.3) is 0 Å². The summed E-state index contributed by atoms with van der Waals surface area (Å²) in [7, 11) is 0. The van der Waals surface area contributed by atoms with Crippen molar-refractivity contribution in [3.63, 3.8) is 0 Å². The molecule has 0 atom stereocenters. The number of aromatic hydroxyl groups is 1. The van der Waals surface area contributed by atoms with E-state index in [1.165, 1.54) is 17.1 Å². The molecule has 0 aromatic heterocycles. The van der Waals surface area contributed by atoms with Crippen molar-refractivity contribution in [2.45, 2.75) is 100 Å². The summed E-state index contributed by atoms with van der Waals surface area (Å²) in [5.41, 5.74) is 15.3. The molecule has 0 bridgehead atoms. The maximum atomic E-state index is 13.0. The van der Waals surface area contributed by atoms with Crippen molar-refractivity contribution in [1.29, 1.82) is 0 Å². The fraction of sp³-hybridized carbons (Fsp3) is 0.412. The second-order valence-electron chi connectivity index (χ2n) is 15.8. The van der Waals surface area contributed by atoms with Crippen molar-refractivity contribution in [3.05, 3.63) is 126 Å². The Hall–Kier alpha value is -5.45. The van der Waals surface area contributed by atoms with E-state index in [0.29, 0.717) is 31.1 Å². The number of nitrogens with one attached hydrogen (secondary N) is 2. The van der Waals surface area contributed by atoms with Gasteiger partial charge in [0.15, 0.2) is 5.78 Å². The molecular formula is C51H74ClN7O3. The number of allylic oxidation sites excluding steroid dienone is 3. The van der Waals surface area contributed by atoms with Gasteiger partial charge in [-0.05, 0) is 153 Å². The van der Waals surface area contributed by atoms with Crippen molar-refractivity contribution in [3.8, 4) is 5.75 Å². The van der Waals surface area contributed by atoms with Crippen LogP contribution in [0.4, 0.5) is 34.1 Å². The van der Waals surface area contributed by atoms with Gasteiger partial charge in [0.1, 0.15) is 5.75 Å². The molecule has 0 aliphatic heterocycles. The third-order valence-corrected chi connectivity index (χ3v) is 10.2. The molecule has 0 radical (unpaired) electrons. The molecule has 0 saturated heterocycles. The number of hydrogen-bond donors (Lipinski definition) is 5. The summed E-state index contributed by atoms with van der Waals surface area (Å²) in [6.07, 6.45) is 5.23. The van der Waals surface area contributed by atoms with E-state index in [9.17, 15) is 4.79 Å². The molecule has 0 unspecified atom stereocenters. The highest BCUT2D eigenvalue weighted by Crippen LogP contribution is 2.26. The molecule has 1 aliphatic rings. The molecule has 0 fully saturated rings. The zero-order chi connectivity index (χ0) is 44.9. The molecule has 4 aromatic rings. The summed E-state index contributed by atoms with van der Waals surface area (Å²) in [6.45, 7) is 26.2. The number of anilines is 5. The van der Waals surface area contributed by atoms with Crippen molar-refractivity contribution in [2.75, 3.05) is 65.1 Å². The van der Waals surface area contributed by atoms with Crippen LogP contribution < -0.4 is 31.1 Å². The highest BCUT2D eigenvalue weighted by atomic mass is 35.5. The van der Waals surface area contributed by atoms with Crippen LogP contribution in [0, 0.1) is 0 Å². The molecule has 0 amide bonds. The molecule has 5 rings (SSSR count). The third kappa shape index (κ3) is 16.8. The van der Waals surface area contributed by atoms with Gasteiger partial charge in [0, 0.05) is 103 Å². The highest BCUT2D eigenvalue weighted by Gasteiger charge is 2.20. The largest absolute Gasteiger partial charge is 0.508 e. The predicted molar refractivity (Wildman–Crippen MR) is 269 cm³/mol. The lowest BCUT2D eigenvalue weighted by molar-refractivity contribution is -0.111. The Labute approximate surface area is 379 Å². The van der Waals surface area contributed by atoms with Gasteiger partial charge in [0.05, 0.1) is 23.7 Å². The second-order valence-corrected chi connectivity index (χ2v) is 15.8. The summed E-state index contributed by atoms with van der Waals surface area (Å²) >= 11 is 0. The quantitative estimate of drug-likeness (QED) is 0.0490. The number of carbonyl (C=O) groups is 1. The Morgan fingerprint density at radius 3 is 1.61 bits per heavy atom. The third-order valence-electron chi connectivity index (χ3n) is 10.2. The Morgan fingerprint density at radius 1 is 0.661 bits per heavy atom. The molecular weight excluding hydrogens is 794 g/mol. The predicted octanol–water partition coefficient (Wildman–Crippen LogP) is 10.6. The molecule has 0 spiro atoms. The number of nitrogen functional groups attached to an aromatic ring is 1. The first kappa shape index (κ1) is 52.7. The lowest BCUT2D eigenvalue weighted by Crippen LogP contribution is -2.30. The van der Waals surface area contributed by atoms with Gasteiger partial charge in [-0.25, -0.2) is 4.99 Å². The number of aliphatic imine (C=N–C) groups is 1. The van der Waals surface area contributed by atoms with Crippen LogP contribution >= 0.6 is 12.4 Å². The molecule has 338 valence electrons. The minimum atomic E-state index is 0. The fourth-order valence-electron chi connectivity index (χ4n) is 7.15. The molecule has 1 aliphatic carbocycles. The number of ketones is 1. The van der Waals surface area contributed by atoms with Gasteiger partial charge in [0.2, 0.25) is 0 Å². The van der Waals surface area contributed by atoms with Crippen LogP contribution in [0.15, 0.2) is 125 Å². The van der Waals surface area contributed by atoms with Gasteiger partial charge in [-0.2, -0.15) is 0 Å². The van der Waals surface area contributed by atoms with E-state index in [2.05, 4.69) is 155 Å². The smallest absolute Gasteiger partial charge is 0.184 e. The van der Waals surface area contributed by atoms with Gasteiger partial charge in [-0.15, -0.1) is 12.4 Å². The normalized spacial score (nSPS) is 12.7. The molecule has 10 nitrogen and oxygen atoms in total. The summed E-state index contributed by atoms with van der Waals surface area (Å²) < 4.78 is 0. The fourth-order valence-corrected chi connectivity index (χ4v) is 7.15. The van der Waals surface area contributed by atoms with Crippen LogP contribution in [0.1, 0.15) is 81.2 Å². The topological polar surface area (TPSA) is 130 Å². The Kier molecular flexibility index (Phi) is 23.4. The van der Waals surface area contributed by atoms with E-state index >= 15 is 0 Å². The number of carbonyl (C=O) groups excluding carboxylic acids is 1. The first-order chi connectivity index (χ1) is 29.2. The number of aliphatic hydroxyl groups is 1. The average molecular weight is 869 g/mol. The number of benzene rings is 4. The van der Waals surface area contributed by atoms with Gasteiger partial charge in [-0.3, -0.25) is 4.79 Å². The van der Waals surface area contributed by atoms with Crippen LogP contribution in [-0.2, 0) is 11.2 Å². The maximum absolute atomic E-state index is 13.0. The second kappa shape index (κ2) is 27.5. The van der Waals surface area contributed by atoms with E-state index in [0.717, 1.165) is 72.2 Å². The number of nitrogens with zero attached hydrogens (tertiary/aromatic N) is 4. The Balaban J connectivity index is 0.000000429. The van der Waals surface area contributed by atoms with Crippen molar-refractivity contribution in [2.24, 2.45) is 4.99 Å². The number of nitrogens with two attached hydrogens (primary N) is 1. The maximum Gasteiger partial charge on any atom is 0.184 e. The van der Waals surface area contributed by atoms with Gasteiger partial charge in [-0.1, -0.05) is 25.1 Å². The van der Waals surface area contributed by atoms with Crippen LogP contribution in [0.3, 0.4) is 0 Å². The Morgan fingerprint density at radius 2 is 1.16 bits per heavy atom. The van der Waals surface area contributed by atoms with Gasteiger partial charge >= 0.3 is 0 Å². The lowest BCUT2D eigenvalue weighted by atomic mass is 9.94. The summed E-state index contributed by atoms with van der Waals surface area (Å²) in [6, 6.07) is 33.2. The molecule has 0 heterocycles. The van der Waals surface area contributed by atoms with Crippen LogP contribution in [0.5, 0.6) is 5.75 Å². The highest BCUT2D eigenvalue weighted by molar-refractivity contribution is 6.22. The van der Waals surface area contributed by atoms with E-state index in [1.807, 2.05) is 24.3 Å². The van der Waals surface area contributed by atoms with Crippen molar-refractivity contribution in [1.82, 2.24) is 5.32 Å². The van der Waals surface area contributed by atoms with Crippen LogP contribution in [-0.4, -0.2) is 79.2 Å². The van der Waals surface area contributed by atoms with E-state index < -0.39 is 0 Å². The molecule has 0 saturated carbocycles. The minimum Gasteiger partial charge on any atom is -0.508 e. The molecule has 4 aromatic carbocycles. The SMILES string of the molecule is CCCNC1=CC(=O)C(Cc2ccc(N(CC)C(C)C)cc2)=CC1=Nc1ccc(N(CC)C(C)C)cc1.CCN(c1ccc(N)cc1)C(C)C.Cl.OCCNc1cccc(O)c1. The van der Waals surface area contributed by atoms with E-state index in [-0.39, 0.29) is 30.5 Å². The van der Waals surface area contributed by atoms with Crippen molar-refractivity contribution >= 4 is 58.0 Å². The lowest BCUT2D eigenvalue weighted by Gasteiger charge is -2.27. The number of aliphatic hydroxyl groups excluding tert-OH is 1. The van der Waals surface area contributed by atoms with Crippen LogP contribution in [0.2, 0.25) is 0 Å². The average Bonchev–Trinajstić information content (AvgIpc) is 3.23. The number of hydrogen-bond acceptors (Lipinski definition) is 10. The van der Waals surface area contributed by atoms with Crippen LogP contribution in [0.25, 0.3) is 0 Å². The summed E-state index contributed by atoms with van der Waals surface area (Å²) in [4.78, 5) is 25.0. The number of phenols is 1. The standard InChI is InChI=1S/C32H44N4O.C11H18N2.C8H11NO2.ClH/c1-8-19-33-30-22-32(37)26(20-25-11-15-28(16-12-25)35(9-2)23(4)5)21-31(30)34-27-13-17-29(18-14-27)36(10-3)24(6)7;1-4-13(9(2)3)11-7-5-10(12)6-8-11;10-5-4-9-7-2-1-3-8(11)6-7;/h11-18,21-24,33H,8-10,19-20H2,1-7H3;5-9H,4,12H2,1-3H3;1-3,6,9-11H,4-5H2;1H. The van der Waals surface area contributed by atoms with Crippen molar-refractivity contribution < 1.29 is 15.0 Å². The summed E-state index contributed by atoms with van der Waals surface area (Å²) in [5, 5.41) is 23.8. The zero-order valence-corrected chi connectivity index (χ0v) is 39.7. The van der Waals surface area contributed by atoms with E-state index in [1.54, 1.807) is 24.3 Å². The minimum absolute atomic E-state index is 0. The molecule has 62 heavy (non-hydrogen) atoms. The molecule has 11 heteroatoms.